The summed E-state index contributed by atoms with van der Waals surface area (Å²) in [4.78, 5) is 38.3. The molecule has 1 unspecified atom stereocenters. The molecule has 0 radical (unpaired) electrons. The standard InChI is InChI=1S/C20H31N5O5/c1-4-6-7-15(5-2)14-29-20(27)30-23-19(21)17-10-8-16(9-11-17)12-22-18(26)13-25(3)24-28/h8-11,15H,4-7,12-14H2,1-3H3,(H2,21,23)(H,22,26). The molecule has 0 aliphatic heterocycles. The van der Waals surface area contributed by atoms with Crippen LogP contribution in [0, 0.1) is 10.8 Å². The topological polar surface area (TPSA) is 136 Å². The molecule has 0 aromatic heterocycles. The molecule has 0 heterocycles. The van der Waals surface area contributed by atoms with Crippen molar-refractivity contribution >= 4 is 17.9 Å². The maximum absolute atomic E-state index is 11.7. The van der Waals surface area contributed by atoms with Crippen molar-refractivity contribution in [1.82, 2.24) is 10.3 Å². The third-order valence-corrected chi connectivity index (χ3v) is 4.45. The number of amidine groups is 1. The molecule has 3 N–H and O–H groups in total. The summed E-state index contributed by atoms with van der Waals surface area (Å²) >= 11 is 0. The third kappa shape index (κ3) is 9.85. The number of benzene rings is 1. The van der Waals surface area contributed by atoms with Crippen molar-refractivity contribution in [2.75, 3.05) is 20.2 Å². The first-order valence-corrected chi connectivity index (χ1v) is 9.97. The van der Waals surface area contributed by atoms with E-state index in [4.69, 9.17) is 15.3 Å². The second-order valence-electron chi connectivity index (χ2n) is 6.92. The molecule has 0 aliphatic rings. The zero-order chi connectivity index (χ0) is 22.4. The highest BCUT2D eigenvalue weighted by molar-refractivity contribution is 5.97. The number of nitroso groups, excluding NO2 is 1. The van der Waals surface area contributed by atoms with E-state index >= 15 is 0 Å². The number of hydrogen-bond donors (Lipinski definition) is 2. The molecule has 30 heavy (non-hydrogen) atoms. The number of nitrogens with zero attached hydrogens (tertiary/aromatic N) is 3. The smallest absolute Gasteiger partial charge is 0.432 e. The van der Waals surface area contributed by atoms with Crippen LogP contribution in [0.4, 0.5) is 4.79 Å². The molecule has 1 aromatic rings. The second kappa shape index (κ2) is 13.9. The lowest BCUT2D eigenvalue weighted by Gasteiger charge is -2.13. The molecule has 10 nitrogen and oxygen atoms in total. The van der Waals surface area contributed by atoms with E-state index in [-0.39, 0.29) is 24.8 Å². The van der Waals surface area contributed by atoms with Crippen molar-refractivity contribution in [1.29, 1.82) is 0 Å². The van der Waals surface area contributed by atoms with Crippen LogP contribution < -0.4 is 11.1 Å². The van der Waals surface area contributed by atoms with Gasteiger partial charge in [-0.25, -0.2) is 4.79 Å². The van der Waals surface area contributed by atoms with E-state index in [1.54, 1.807) is 24.3 Å². The maximum atomic E-state index is 11.7. The summed E-state index contributed by atoms with van der Waals surface area (Å²) in [6.45, 7) is 4.63. The van der Waals surface area contributed by atoms with Gasteiger partial charge in [0.25, 0.3) is 0 Å². The van der Waals surface area contributed by atoms with Crippen molar-refractivity contribution in [2.45, 2.75) is 46.1 Å². The summed E-state index contributed by atoms with van der Waals surface area (Å²) in [5, 5.41) is 9.90. The van der Waals surface area contributed by atoms with Crippen LogP contribution in [0.15, 0.2) is 34.7 Å². The van der Waals surface area contributed by atoms with Gasteiger partial charge in [-0.1, -0.05) is 62.5 Å². The first kappa shape index (κ1) is 24.9. The summed E-state index contributed by atoms with van der Waals surface area (Å²) in [6, 6.07) is 6.87. The molecule has 1 amide bonds. The normalized spacial score (nSPS) is 12.0. The van der Waals surface area contributed by atoms with E-state index in [0.717, 1.165) is 36.3 Å². The number of carbonyl (C=O) groups excluding carboxylic acids is 2. The lowest BCUT2D eigenvalue weighted by Crippen LogP contribution is -2.32. The molecule has 0 bridgehead atoms. The number of unbranched alkanes of at least 4 members (excludes halogenated alkanes) is 1. The predicted octanol–water partition coefficient (Wildman–Crippen LogP) is 2.91. The summed E-state index contributed by atoms with van der Waals surface area (Å²) in [6.07, 6.45) is 3.23. The van der Waals surface area contributed by atoms with Gasteiger partial charge in [-0.05, 0) is 17.9 Å². The first-order valence-electron chi connectivity index (χ1n) is 9.97. The zero-order valence-electron chi connectivity index (χ0n) is 17.8. The fraction of sp³-hybridized carbons (Fsp3) is 0.550. The van der Waals surface area contributed by atoms with Crippen molar-refractivity contribution in [3.05, 3.63) is 40.3 Å². The van der Waals surface area contributed by atoms with E-state index in [9.17, 15) is 14.5 Å². The Morgan fingerprint density at radius 3 is 2.53 bits per heavy atom. The average molecular weight is 421 g/mol. The highest BCUT2D eigenvalue weighted by atomic mass is 16.8. The van der Waals surface area contributed by atoms with Crippen LogP contribution >= 0.6 is 0 Å². The minimum atomic E-state index is -0.887. The lowest BCUT2D eigenvalue weighted by atomic mass is 10.0. The number of nitrogens with two attached hydrogens (primary N) is 1. The summed E-state index contributed by atoms with van der Waals surface area (Å²) in [5.41, 5.74) is 7.21. The molecule has 0 aliphatic carbocycles. The van der Waals surface area contributed by atoms with Gasteiger partial charge in [-0.15, -0.1) is 4.91 Å². The Hall–Kier alpha value is -3.17. The quantitative estimate of drug-likeness (QED) is 0.125. The summed E-state index contributed by atoms with van der Waals surface area (Å²) in [5.74, 6) is 0.00961. The predicted molar refractivity (Wildman–Crippen MR) is 113 cm³/mol. The molecular formula is C20H31N5O5. The number of amides is 1. The van der Waals surface area contributed by atoms with Crippen LogP contribution in [-0.2, 0) is 20.9 Å². The van der Waals surface area contributed by atoms with Gasteiger partial charge in [0.05, 0.1) is 11.9 Å². The minimum Gasteiger partial charge on any atom is -0.432 e. The van der Waals surface area contributed by atoms with Crippen molar-refractivity contribution in [2.24, 2.45) is 22.1 Å². The molecule has 10 heteroatoms. The highest BCUT2D eigenvalue weighted by Gasteiger charge is 2.11. The average Bonchev–Trinajstić information content (AvgIpc) is 2.76. The molecule has 0 saturated carbocycles. The van der Waals surface area contributed by atoms with Crippen LogP contribution in [0.25, 0.3) is 0 Å². The Labute approximate surface area is 176 Å². The molecule has 1 aromatic carbocycles. The zero-order valence-corrected chi connectivity index (χ0v) is 17.8. The highest BCUT2D eigenvalue weighted by Crippen LogP contribution is 2.13. The Balaban J connectivity index is 2.46. The molecule has 0 spiro atoms. The van der Waals surface area contributed by atoms with Gasteiger partial charge in [0, 0.05) is 19.2 Å². The van der Waals surface area contributed by atoms with Gasteiger partial charge in [0.15, 0.2) is 5.84 Å². The second-order valence-corrected chi connectivity index (χ2v) is 6.92. The number of nitrogens with one attached hydrogen (secondary N) is 1. The van der Waals surface area contributed by atoms with E-state index in [1.165, 1.54) is 7.05 Å². The Bertz CT molecular complexity index is 708. The lowest BCUT2D eigenvalue weighted by molar-refractivity contribution is -0.122. The number of likely N-dealkylation sites (N-methyl/N-ethyl adjacent to an activating group) is 1. The molecule has 0 fully saturated rings. The van der Waals surface area contributed by atoms with Crippen LogP contribution in [0.1, 0.15) is 50.7 Å². The molecule has 0 saturated heterocycles. The van der Waals surface area contributed by atoms with Crippen LogP contribution in [0.5, 0.6) is 0 Å². The molecule has 166 valence electrons. The van der Waals surface area contributed by atoms with Gasteiger partial charge < -0.3 is 15.8 Å². The van der Waals surface area contributed by atoms with E-state index < -0.39 is 6.16 Å². The number of hydrogen-bond acceptors (Lipinski definition) is 7. The Morgan fingerprint density at radius 1 is 1.23 bits per heavy atom. The maximum Gasteiger partial charge on any atom is 0.535 e. The van der Waals surface area contributed by atoms with Crippen molar-refractivity contribution in [3.8, 4) is 0 Å². The number of ether oxygens (including phenoxy) is 1. The largest absolute Gasteiger partial charge is 0.535 e. The monoisotopic (exact) mass is 421 g/mol. The SMILES string of the molecule is CCCCC(CC)COC(=O)O/N=C(\N)c1ccc(CNC(=O)CN(C)N=O)cc1. The van der Waals surface area contributed by atoms with Crippen LogP contribution in [0.2, 0.25) is 0 Å². The molecule has 1 rings (SSSR count). The van der Waals surface area contributed by atoms with Gasteiger partial charge in [0.1, 0.15) is 6.54 Å². The van der Waals surface area contributed by atoms with E-state index in [2.05, 4.69) is 29.6 Å². The van der Waals surface area contributed by atoms with Crippen molar-refractivity contribution < 1.29 is 19.2 Å². The van der Waals surface area contributed by atoms with E-state index in [0.29, 0.717) is 18.1 Å². The van der Waals surface area contributed by atoms with Crippen LogP contribution in [-0.4, -0.2) is 43.1 Å². The Morgan fingerprint density at radius 2 is 1.93 bits per heavy atom. The van der Waals surface area contributed by atoms with Crippen molar-refractivity contribution in [3.63, 3.8) is 0 Å². The number of rotatable bonds is 13. The first-order chi connectivity index (χ1) is 14.4. The minimum absolute atomic E-state index is 0.0271. The molecular weight excluding hydrogens is 390 g/mol. The van der Waals surface area contributed by atoms with Gasteiger partial charge in [-0.2, -0.15) is 0 Å². The Kier molecular flexibility index (Phi) is 11.5. The van der Waals surface area contributed by atoms with Crippen LogP contribution in [0.3, 0.4) is 0 Å². The number of carbonyl (C=O) groups is 2. The van der Waals surface area contributed by atoms with E-state index in [1.807, 2.05) is 0 Å². The fourth-order valence-electron chi connectivity index (χ4n) is 2.54. The summed E-state index contributed by atoms with van der Waals surface area (Å²) < 4.78 is 5.09. The van der Waals surface area contributed by atoms with Gasteiger partial charge in [-0.3, -0.25) is 14.6 Å². The summed E-state index contributed by atoms with van der Waals surface area (Å²) in [7, 11) is 1.41. The molecule has 1 atom stereocenters. The number of oxime groups is 1. The fourth-order valence-corrected chi connectivity index (χ4v) is 2.54. The van der Waals surface area contributed by atoms with Gasteiger partial charge >= 0.3 is 6.16 Å². The third-order valence-electron chi connectivity index (χ3n) is 4.45. The van der Waals surface area contributed by atoms with Gasteiger partial charge in [0.2, 0.25) is 5.91 Å².